The molecular formula is C70H48N2. The third kappa shape index (κ3) is 7.10. The van der Waals surface area contributed by atoms with Crippen LogP contribution >= 0.6 is 0 Å². The molecule has 12 aromatic rings. The van der Waals surface area contributed by atoms with Gasteiger partial charge in [-0.25, -0.2) is 0 Å². The predicted molar refractivity (Wildman–Crippen MR) is 305 cm³/mol. The molecule has 338 valence electrons. The molecule has 0 unspecified atom stereocenters. The van der Waals surface area contributed by atoms with Crippen molar-refractivity contribution < 1.29 is 0 Å². The monoisotopic (exact) mass is 916 g/mol. The second-order valence-corrected chi connectivity index (χ2v) is 19.2. The first-order valence-corrected chi connectivity index (χ1v) is 25.1. The van der Waals surface area contributed by atoms with Crippen molar-refractivity contribution in [3.05, 3.63) is 273 Å². The first-order valence-electron chi connectivity index (χ1n) is 25.1. The van der Waals surface area contributed by atoms with Crippen LogP contribution in [-0.4, -0.2) is 4.57 Å². The third-order valence-corrected chi connectivity index (χ3v) is 14.9. The molecule has 2 aliphatic rings. The SMILES string of the molecule is C1=CC(c2cc(-c3ccccc3)cc(N3c4cc5c(cc4-c4ccc(-c6ccccc6)c6cccc3c46)c3cc(-c4ccccc4)ccc3n5-c3cc(-c4ccccc4)cc(-c4ccccc4)c3)c2)=CCC1. The molecule has 0 amide bonds. The quantitative estimate of drug-likeness (QED) is 0.147. The summed E-state index contributed by atoms with van der Waals surface area (Å²) in [6.07, 6.45) is 9.12. The minimum atomic E-state index is 1.03. The molecule has 11 aromatic carbocycles. The van der Waals surface area contributed by atoms with E-state index < -0.39 is 0 Å². The molecule has 2 heterocycles. The first-order chi connectivity index (χ1) is 35.7. The molecule has 0 fully saturated rings. The van der Waals surface area contributed by atoms with E-state index in [-0.39, 0.29) is 0 Å². The van der Waals surface area contributed by atoms with E-state index in [9.17, 15) is 0 Å². The molecule has 1 aliphatic heterocycles. The Balaban J connectivity index is 1.10. The molecule has 0 bridgehead atoms. The van der Waals surface area contributed by atoms with Crippen molar-refractivity contribution in [2.24, 2.45) is 0 Å². The average Bonchev–Trinajstić information content (AvgIpc) is 3.78. The van der Waals surface area contributed by atoms with Gasteiger partial charge in [-0.15, -0.1) is 0 Å². The fourth-order valence-corrected chi connectivity index (χ4v) is 11.5. The summed E-state index contributed by atoms with van der Waals surface area (Å²) in [5.74, 6) is 0. The van der Waals surface area contributed by atoms with E-state index in [4.69, 9.17) is 0 Å². The molecule has 0 saturated carbocycles. The Bertz CT molecular complexity index is 4050. The highest BCUT2D eigenvalue weighted by Gasteiger charge is 2.30. The zero-order valence-electron chi connectivity index (χ0n) is 39.7. The summed E-state index contributed by atoms with van der Waals surface area (Å²) in [6.45, 7) is 0. The highest BCUT2D eigenvalue weighted by Crippen LogP contribution is 2.55. The summed E-state index contributed by atoms with van der Waals surface area (Å²) < 4.78 is 2.52. The van der Waals surface area contributed by atoms with Crippen LogP contribution in [0.2, 0.25) is 0 Å². The maximum atomic E-state index is 2.56. The zero-order valence-corrected chi connectivity index (χ0v) is 39.7. The number of allylic oxidation sites excluding steroid dienone is 4. The Hall–Kier alpha value is -9.24. The van der Waals surface area contributed by atoms with Gasteiger partial charge in [-0.3, -0.25) is 0 Å². The molecule has 0 saturated heterocycles. The lowest BCUT2D eigenvalue weighted by Crippen LogP contribution is -2.16. The van der Waals surface area contributed by atoms with Gasteiger partial charge in [-0.2, -0.15) is 0 Å². The van der Waals surface area contributed by atoms with E-state index in [0.29, 0.717) is 0 Å². The van der Waals surface area contributed by atoms with Crippen molar-refractivity contribution >= 4 is 55.2 Å². The molecule has 1 aromatic heterocycles. The van der Waals surface area contributed by atoms with E-state index in [2.05, 4.69) is 276 Å². The van der Waals surface area contributed by atoms with Gasteiger partial charge in [0.2, 0.25) is 0 Å². The van der Waals surface area contributed by atoms with E-state index in [0.717, 1.165) is 40.9 Å². The van der Waals surface area contributed by atoms with Crippen molar-refractivity contribution in [3.8, 4) is 72.4 Å². The van der Waals surface area contributed by atoms with Crippen LogP contribution in [0.4, 0.5) is 17.1 Å². The van der Waals surface area contributed by atoms with Gasteiger partial charge in [-0.1, -0.05) is 200 Å². The van der Waals surface area contributed by atoms with E-state index >= 15 is 0 Å². The minimum Gasteiger partial charge on any atom is -0.309 e. The average molecular weight is 917 g/mol. The van der Waals surface area contributed by atoms with E-state index in [1.165, 1.54) is 105 Å². The van der Waals surface area contributed by atoms with E-state index in [1.54, 1.807) is 0 Å². The first kappa shape index (κ1) is 41.7. The van der Waals surface area contributed by atoms with Crippen LogP contribution < -0.4 is 4.90 Å². The molecule has 1 aliphatic carbocycles. The number of benzene rings is 11. The highest BCUT2D eigenvalue weighted by molar-refractivity contribution is 6.21. The topological polar surface area (TPSA) is 8.17 Å². The highest BCUT2D eigenvalue weighted by atomic mass is 15.2. The molecule has 2 heteroatoms. The van der Waals surface area contributed by atoms with Gasteiger partial charge in [0.05, 0.1) is 22.4 Å². The van der Waals surface area contributed by atoms with Crippen LogP contribution in [-0.2, 0) is 0 Å². The van der Waals surface area contributed by atoms with Gasteiger partial charge in [-0.05, 0) is 157 Å². The zero-order chi connectivity index (χ0) is 47.5. The second kappa shape index (κ2) is 17.3. The Morgan fingerprint density at radius 1 is 0.292 bits per heavy atom. The van der Waals surface area contributed by atoms with Crippen molar-refractivity contribution in [3.63, 3.8) is 0 Å². The Morgan fingerprint density at radius 2 is 0.833 bits per heavy atom. The maximum absolute atomic E-state index is 2.56. The van der Waals surface area contributed by atoms with Gasteiger partial charge < -0.3 is 9.47 Å². The maximum Gasteiger partial charge on any atom is 0.0562 e. The predicted octanol–water partition coefficient (Wildman–Crippen LogP) is 19.5. The normalized spacial score (nSPS) is 12.9. The number of fused-ring (bicyclic) bond motifs is 5. The smallest absolute Gasteiger partial charge is 0.0562 e. The molecule has 2 nitrogen and oxygen atoms in total. The Labute approximate surface area is 420 Å². The third-order valence-electron chi connectivity index (χ3n) is 14.9. The number of hydrogen-bond acceptors (Lipinski definition) is 1. The van der Waals surface area contributed by atoms with Crippen LogP contribution in [0.25, 0.3) is 111 Å². The number of rotatable bonds is 8. The molecule has 0 N–H and O–H groups in total. The van der Waals surface area contributed by atoms with Crippen molar-refractivity contribution in [1.82, 2.24) is 4.57 Å². The standard InChI is InChI=1S/C70H48N2/c1-7-20-47(21-8-1)53-34-37-66-63(44-53)65-45-64-62-36-35-60(52-30-17-6-18-31-52)61-32-19-33-67(70(61)62)72(59-42-56(50-26-13-4-14-27-50)39-57(43-59)51-28-15-5-16-29-51)68(64)46-69(65)71(66)58-40-54(48-22-9-2-10-23-48)38-55(41-58)49-24-11-3-12-25-49/h1-4,6-15,17-46H,5,16H2. The number of hydrogen-bond donors (Lipinski definition) is 0. The van der Waals surface area contributed by atoms with Gasteiger partial charge in [0, 0.05) is 33.1 Å². The van der Waals surface area contributed by atoms with Gasteiger partial charge in [0.25, 0.3) is 0 Å². The van der Waals surface area contributed by atoms with Gasteiger partial charge >= 0.3 is 0 Å². The number of nitrogens with zero attached hydrogens (tertiary/aromatic N) is 2. The summed E-state index contributed by atoms with van der Waals surface area (Å²) >= 11 is 0. The summed E-state index contributed by atoms with van der Waals surface area (Å²) in [7, 11) is 0. The lowest BCUT2D eigenvalue weighted by atomic mass is 9.86. The lowest BCUT2D eigenvalue weighted by Gasteiger charge is -2.35. The van der Waals surface area contributed by atoms with Crippen LogP contribution in [0.3, 0.4) is 0 Å². The van der Waals surface area contributed by atoms with Crippen LogP contribution in [0.15, 0.2) is 267 Å². The second-order valence-electron chi connectivity index (χ2n) is 19.2. The molecule has 72 heavy (non-hydrogen) atoms. The van der Waals surface area contributed by atoms with Crippen molar-refractivity contribution in [1.29, 1.82) is 0 Å². The van der Waals surface area contributed by atoms with Crippen molar-refractivity contribution in [2.75, 3.05) is 4.90 Å². The lowest BCUT2D eigenvalue weighted by molar-refractivity contribution is 1.04. The largest absolute Gasteiger partial charge is 0.309 e. The van der Waals surface area contributed by atoms with Gasteiger partial charge in [0.15, 0.2) is 0 Å². The fraction of sp³-hybridized carbons (Fsp3) is 0.0286. The fourth-order valence-electron chi connectivity index (χ4n) is 11.5. The summed E-state index contributed by atoms with van der Waals surface area (Å²) in [5.41, 5.74) is 23.7. The van der Waals surface area contributed by atoms with Gasteiger partial charge in [0.1, 0.15) is 0 Å². The van der Waals surface area contributed by atoms with Crippen molar-refractivity contribution in [2.45, 2.75) is 12.8 Å². The molecule has 0 atom stereocenters. The summed E-state index contributed by atoms with van der Waals surface area (Å²) in [5, 5.41) is 4.92. The summed E-state index contributed by atoms with van der Waals surface area (Å²) in [4.78, 5) is 2.56. The number of aromatic nitrogens is 1. The minimum absolute atomic E-state index is 1.03. The summed E-state index contributed by atoms with van der Waals surface area (Å²) in [6, 6.07) is 92.1. The Kier molecular flexibility index (Phi) is 10.0. The molecule has 14 rings (SSSR count). The molecule has 0 radical (unpaired) electrons. The van der Waals surface area contributed by atoms with E-state index in [1.807, 2.05) is 0 Å². The van der Waals surface area contributed by atoms with Crippen LogP contribution in [0.5, 0.6) is 0 Å². The van der Waals surface area contributed by atoms with Crippen LogP contribution in [0.1, 0.15) is 18.4 Å². The van der Waals surface area contributed by atoms with Crippen LogP contribution in [0, 0.1) is 0 Å². The number of anilines is 3. The molecular weight excluding hydrogens is 869 g/mol. The molecule has 0 spiro atoms. The Morgan fingerprint density at radius 3 is 1.44 bits per heavy atom.